The topological polar surface area (TPSA) is 41.3 Å². The molecule has 1 heterocycles. The third kappa shape index (κ3) is 4.53. The molecule has 0 unspecified atom stereocenters. The van der Waals surface area contributed by atoms with Gasteiger partial charge in [0, 0.05) is 24.7 Å². The fraction of sp³-hybridized carbons (Fsp3) is 0.800. The minimum atomic E-state index is 0.102. The highest BCUT2D eigenvalue weighted by molar-refractivity contribution is 5.29. The van der Waals surface area contributed by atoms with Gasteiger partial charge in [0.15, 0.2) is 0 Å². The zero-order chi connectivity index (χ0) is 14.0. The number of nitrogens with zero attached hydrogens (tertiary/aromatic N) is 2. The highest BCUT2D eigenvalue weighted by Crippen LogP contribution is 2.32. The third-order valence-electron chi connectivity index (χ3n) is 3.36. The zero-order valence-electron chi connectivity index (χ0n) is 12.9. The maximum absolute atomic E-state index is 5.66. The summed E-state index contributed by atoms with van der Waals surface area (Å²) in [4.78, 5) is 6.89. The molecule has 0 bridgehead atoms. The van der Waals surface area contributed by atoms with Crippen molar-refractivity contribution in [2.24, 2.45) is 5.92 Å². The molecule has 4 nitrogen and oxygen atoms in total. The van der Waals surface area contributed by atoms with Crippen molar-refractivity contribution in [3.63, 3.8) is 0 Å². The van der Waals surface area contributed by atoms with Crippen LogP contribution in [0.4, 0.5) is 6.01 Å². The summed E-state index contributed by atoms with van der Waals surface area (Å²) in [6.07, 6.45) is 4.47. The highest BCUT2D eigenvalue weighted by atomic mass is 16.4. The normalized spacial score (nSPS) is 16.1. The van der Waals surface area contributed by atoms with E-state index in [1.807, 2.05) is 0 Å². The van der Waals surface area contributed by atoms with Crippen molar-refractivity contribution in [1.82, 2.24) is 10.3 Å². The molecular weight excluding hydrogens is 238 g/mol. The molecule has 1 N–H and O–H groups in total. The Kier molecular flexibility index (Phi) is 4.19. The number of anilines is 1. The Labute approximate surface area is 116 Å². The number of oxazole rings is 1. The van der Waals surface area contributed by atoms with E-state index in [1.165, 1.54) is 12.8 Å². The van der Waals surface area contributed by atoms with E-state index in [0.717, 1.165) is 30.7 Å². The third-order valence-corrected chi connectivity index (χ3v) is 3.36. The lowest BCUT2D eigenvalue weighted by Gasteiger charge is -2.24. The van der Waals surface area contributed by atoms with E-state index in [0.29, 0.717) is 6.04 Å². The Morgan fingerprint density at radius 3 is 2.63 bits per heavy atom. The van der Waals surface area contributed by atoms with Crippen molar-refractivity contribution in [1.29, 1.82) is 0 Å². The van der Waals surface area contributed by atoms with Crippen molar-refractivity contribution in [2.45, 2.75) is 65.6 Å². The van der Waals surface area contributed by atoms with Gasteiger partial charge in [-0.05, 0) is 53.4 Å². The Bertz CT molecular complexity index is 402. The van der Waals surface area contributed by atoms with Gasteiger partial charge >= 0.3 is 0 Å². The maximum Gasteiger partial charge on any atom is 0.297 e. The molecule has 1 saturated carbocycles. The average Bonchev–Trinajstić information content (AvgIpc) is 2.99. The smallest absolute Gasteiger partial charge is 0.297 e. The SMILES string of the molecule is CC(C)N(CC1CC1)c1nc(CNC(C)(C)C)co1. The molecule has 1 aliphatic carbocycles. The fourth-order valence-corrected chi connectivity index (χ4v) is 1.95. The molecule has 0 saturated heterocycles. The van der Waals surface area contributed by atoms with Crippen LogP contribution in [0.25, 0.3) is 0 Å². The Morgan fingerprint density at radius 1 is 1.42 bits per heavy atom. The van der Waals surface area contributed by atoms with Gasteiger partial charge in [-0.15, -0.1) is 0 Å². The number of nitrogens with one attached hydrogen (secondary N) is 1. The first-order valence-corrected chi connectivity index (χ1v) is 7.31. The van der Waals surface area contributed by atoms with E-state index in [-0.39, 0.29) is 5.54 Å². The molecule has 2 rings (SSSR count). The van der Waals surface area contributed by atoms with Crippen LogP contribution in [0, 0.1) is 5.92 Å². The van der Waals surface area contributed by atoms with Gasteiger partial charge in [-0.3, -0.25) is 0 Å². The van der Waals surface area contributed by atoms with Crippen LogP contribution < -0.4 is 10.2 Å². The number of hydrogen-bond donors (Lipinski definition) is 1. The summed E-state index contributed by atoms with van der Waals surface area (Å²) in [6.45, 7) is 12.7. The second-order valence-corrected chi connectivity index (χ2v) is 6.91. The van der Waals surface area contributed by atoms with Crippen LogP contribution in [0.3, 0.4) is 0 Å². The number of hydrogen-bond acceptors (Lipinski definition) is 4. The molecule has 1 aliphatic rings. The summed E-state index contributed by atoms with van der Waals surface area (Å²) in [5, 5.41) is 3.43. The second kappa shape index (κ2) is 5.53. The molecular formula is C15H27N3O. The molecule has 1 aromatic heterocycles. The molecule has 4 heteroatoms. The van der Waals surface area contributed by atoms with Crippen LogP contribution in [0.2, 0.25) is 0 Å². The fourth-order valence-electron chi connectivity index (χ4n) is 1.95. The molecule has 0 aromatic carbocycles. The van der Waals surface area contributed by atoms with Crippen LogP contribution in [0.1, 0.15) is 53.2 Å². The summed E-state index contributed by atoms with van der Waals surface area (Å²) >= 11 is 0. The van der Waals surface area contributed by atoms with Gasteiger partial charge in [0.05, 0.1) is 5.69 Å². The van der Waals surface area contributed by atoms with Crippen LogP contribution in [-0.4, -0.2) is 23.1 Å². The monoisotopic (exact) mass is 265 g/mol. The summed E-state index contributed by atoms with van der Waals surface area (Å²) in [7, 11) is 0. The van der Waals surface area contributed by atoms with Gasteiger partial charge < -0.3 is 14.6 Å². The first-order valence-electron chi connectivity index (χ1n) is 7.31. The summed E-state index contributed by atoms with van der Waals surface area (Å²) in [5.41, 5.74) is 1.08. The minimum Gasteiger partial charge on any atom is -0.432 e. The van der Waals surface area contributed by atoms with Crippen LogP contribution >= 0.6 is 0 Å². The standard InChI is InChI=1S/C15H27N3O/c1-11(2)18(9-12-6-7-12)14-17-13(10-19-14)8-16-15(3,4)5/h10-12,16H,6-9H2,1-5H3. The van der Waals surface area contributed by atoms with Gasteiger partial charge in [0.1, 0.15) is 6.26 Å². The van der Waals surface area contributed by atoms with Crippen molar-refractivity contribution in [2.75, 3.05) is 11.4 Å². The summed E-state index contributed by atoms with van der Waals surface area (Å²) in [5.74, 6) is 0.838. The Morgan fingerprint density at radius 2 is 2.11 bits per heavy atom. The quantitative estimate of drug-likeness (QED) is 0.857. The lowest BCUT2D eigenvalue weighted by molar-refractivity contribution is 0.421. The number of aromatic nitrogens is 1. The molecule has 0 spiro atoms. The molecule has 1 aromatic rings. The largest absolute Gasteiger partial charge is 0.432 e. The average molecular weight is 265 g/mol. The van der Waals surface area contributed by atoms with E-state index in [2.05, 4.69) is 49.8 Å². The van der Waals surface area contributed by atoms with E-state index >= 15 is 0 Å². The zero-order valence-corrected chi connectivity index (χ0v) is 12.9. The summed E-state index contributed by atoms with van der Waals surface area (Å²) in [6, 6.07) is 1.20. The van der Waals surface area contributed by atoms with Gasteiger partial charge in [-0.1, -0.05) is 0 Å². The Balaban J connectivity index is 1.97. The first kappa shape index (κ1) is 14.4. The second-order valence-electron chi connectivity index (χ2n) is 6.91. The molecule has 0 radical (unpaired) electrons. The van der Waals surface area contributed by atoms with E-state index in [4.69, 9.17) is 4.42 Å². The van der Waals surface area contributed by atoms with E-state index < -0.39 is 0 Å². The molecule has 0 amide bonds. The Hall–Kier alpha value is -1.03. The number of rotatable bonds is 6. The lowest BCUT2D eigenvalue weighted by Crippen LogP contribution is -2.35. The molecule has 1 fully saturated rings. The van der Waals surface area contributed by atoms with Crippen molar-refractivity contribution >= 4 is 6.01 Å². The van der Waals surface area contributed by atoms with E-state index in [1.54, 1.807) is 6.26 Å². The van der Waals surface area contributed by atoms with Crippen LogP contribution in [0.15, 0.2) is 10.7 Å². The van der Waals surface area contributed by atoms with Crippen LogP contribution in [-0.2, 0) is 6.54 Å². The van der Waals surface area contributed by atoms with Crippen molar-refractivity contribution in [3.05, 3.63) is 12.0 Å². The first-order chi connectivity index (χ1) is 8.85. The predicted octanol–water partition coefficient (Wildman–Crippen LogP) is 3.19. The highest BCUT2D eigenvalue weighted by Gasteiger charge is 2.27. The minimum absolute atomic E-state index is 0.102. The molecule has 0 atom stereocenters. The summed E-state index contributed by atoms with van der Waals surface area (Å²) < 4.78 is 5.66. The van der Waals surface area contributed by atoms with Crippen molar-refractivity contribution < 1.29 is 4.42 Å². The molecule has 19 heavy (non-hydrogen) atoms. The lowest BCUT2D eigenvalue weighted by atomic mass is 10.1. The van der Waals surface area contributed by atoms with Crippen LogP contribution in [0.5, 0.6) is 0 Å². The maximum atomic E-state index is 5.66. The van der Waals surface area contributed by atoms with Gasteiger partial charge in [0.2, 0.25) is 0 Å². The predicted molar refractivity (Wildman–Crippen MR) is 78.3 cm³/mol. The molecule has 108 valence electrons. The van der Waals surface area contributed by atoms with Crippen molar-refractivity contribution in [3.8, 4) is 0 Å². The van der Waals surface area contributed by atoms with E-state index in [9.17, 15) is 0 Å². The molecule has 0 aliphatic heterocycles. The van der Waals surface area contributed by atoms with Gasteiger partial charge in [0.25, 0.3) is 6.01 Å². The van der Waals surface area contributed by atoms with Gasteiger partial charge in [-0.2, -0.15) is 4.98 Å². The van der Waals surface area contributed by atoms with Gasteiger partial charge in [-0.25, -0.2) is 0 Å².